The third kappa shape index (κ3) is 1.61. The molecule has 2 nitrogen and oxygen atoms in total. The molecule has 0 saturated heterocycles. The second-order valence-electron chi connectivity index (χ2n) is 2.41. The first-order valence-corrected chi connectivity index (χ1v) is 3.55. The summed E-state index contributed by atoms with van der Waals surface area (Å²) in [4.78, 5) is 0. The van der Waals surface area contributed by atoms with E-state index in [2.05, 4.69) is 11.4 Å². The van der Waals surface area contributed by atoms with Crippen LogP contribution in [-0.4, -0.2) is 18.8 Å². The van der Waals surface area contributed by atoms with E-state index in [-0.39, 0.29) is 6.61 Å². The lowest BCUT2D eigenvalue weighted by atomic mass is 10.0. The molecule has 0 amide bonds. The van der Waals surface area contributed by atoms with Gasteiger partial charge in [-0.3, -0.25) is 0 Å². The zero-order chi connectivity index (χ0) is 7.40. The number of aliphatic hydroxyl groups excluding tert-OH is 1. The van der Waals surface area contributed by atoms with Gasteiger partial charge in [0.2, 0.25) is 0 Å². The Hall–Kier alpha value is -0.760. The summed E-state index contributed by atoms with van der Waals surface area (Å²) in [7, 11) is 1.89. The molecule has 0 bridgehead atoms. The normalized spacial score (nSPS) is 17.8. The van der Waals surface area contributed by atoms with Gasteiger partial charge in [-0.2, -0.15) is 0 Å². The van der Waals surface area contributed by atoms with E-state index in [4.69, 9.17) is 5.11 Å². The van der Waals surface area contributed by atoms with E-state index in [1.54, 1.807) is 0 Å². The van der Waals surface area contributed by atoms with Gasteiger partial charge in [-0.1, -0.05) is 6.08 Å². The highest BCUT2D eigenvalue weighted by Gasteiger charge is 2.01. The Balaban J connectivity index is 2.61. The molecule has 10 heavy (non-hydrogen) atoms. The average Bonchev–Trinajstić information content (AvgIpc) is 2.05. The molecule has 56 valence electrons. The van der Waals surface area contributed by atoms with E-state index in [9.17, 15) is 0 Å². The number of allylic oxidation sites excluding steroid dienone is 2. The lowest BCUT2D eigenvalue weighted by Crippen LogP contribution is -2.07. The maximum atomic E-state index is 8.78. The molecule has 0 aliphatic heterocycles. The van der Waals surface area contributed by atoms with Crippen molar-refractivity contribution in [3.8, 4) is 0 Å². The molecule has 0 aromatic rings. The van der Waals surface area contributed by atoms with Crippen LogP contribution < -0.4 is 5.32 Å². The maximum Gasteiger partial charge on any atom is 0.0645 e. The van der Waals surface area contributed by atoms with Gasteiger partial charge in [0.25, 0.3) is 0 Å². The van der Waals surface area contributed by atoms with Gasteiger partial charge in [0.1, 0.15) is 0 Å². The van der Waals surface area contributed by atoms with Crippen LogP contribution in [0.4, 0.5) is 0 Å². The van der Waals surface area contributed by atoms with Gasteiger partial charge >= 0.3 is 0 Å². The molecule has 0 spiro atoms. The third-order valence-electron chi connectivity index (χ3n) is 1.68. The molecule has 0 radical (unpaired) electrons. The standard InChI is InChI=1S/C8H13NO/c1-9-8-4-2-3-7(5-8)6-10/h4-5,9-10H,2-3,6H2,1H3. The van der Waals surface area contributed by atoms with Crippen molar-refractivity contribution in [2.75, 3.05) is 13.7 Å². The fraction of sp³-hybridized carbons (Fsp3) is 0.500. The van der Waals surface area contributed by atoms with Crippen LogP contribution in [0.1, 0.15) is 12.8 Å². The quantitative estimate of drug-likeness (QED) is 0.593. The van der Waals surface area contributed by atoms with Gasteiger partial charge in [-0.25, -0.2) is 0 Å². The SMILES string of the molecule is CNC1=CCCC(CO)=C1. The molecule has 2 N–H and O–H groups in total. The monoisotopic (exact) mass is 139 g/mol. The summed E-state index contributed by atoms with van der Waals surface area (Å²) >= 11 is 0. The van der Waals surface area contributed by atoms with Crippen molar-refractivity contribution in [2.24, 2.45) is 0 Å². The molecule has 2 heteroatoms. The highest BCUT2D eigenvalue weighted by molar-refractivity contribution is 5.26. The van der Waals surface area contributed by atoms with Gasteiger partial charge < -0.3 is 10.4 Å². The Morgan fingerprint density at radius 3 is 3.10 bits per heavy atom. The van der Waals surface area contributed by atoms with Crippen LogP contribution in [-0.2, 0) is 0 Å². The summed E-state index contributed by atoms with van der Waals surface area (Å²) in [5.74, 6) is 0. The van der Waals surface area contributed by atoms with Crippen molar-refractivity contribution in [3.05, 3.63) is 23.4 Å². The van der Waals surface area contributed by atoms with Crippen LogP contribution in [0.2, 0.25) is 0 Å². The minimum Gasteiger partial charge on any atom is -0.392 e. The van der Waals surface area contributed by atoms with Crippen molar-refractivity contribution in [1.29, 1.82) is 0 Å². The maximum absolute atomic E-state index is 8.78. The van der Waals surface area contributed by atoms with E-state index in [0.717, 1.165) is 24.1 Å². The Bertz CT molecular complexity index is 170. The summed E-state index contributed by atoms with van der Waals surface area (Å²) in [6.45, 7) is 0.193. The third-order valence-corrected chi connectivity index (χ3v) is 1.68. The van der Waals surface area contributed by atoms with Crippen LogP contribution >= 0.6 is 0 Å². The molecule has 0 aromatic heterocycles. The summed E-state index contributed by atoms with van der Waals surface area (Å²) in [5.41, 5.74) is 2.24. The Morgan fingerprint density at radius 2 is 2.50 bits per heavy atom. The van der Waals surface area contributed by atoms with Crippen molar-refractivity contribution >= 4 is 0 Å². The zero-order valence-corrected chi connectivity index (χ0v) is 6.22. The van der Waals surface area contributed by atoms with E-state index >= 15 is 0 Å². The van der Waals surface area contributed by atoms with E-state index < -0.39 is 0 Å². The Kier molecular flexibility index (Phi) is 2.51. The summed E-state index contributed by atoms with van der Waals surface area (Å²) in [6.07, 6.45) is 6.19. The number of hydrogen-bond acceptors (Lipinski definition) is 2. The second-order valence-corrected chi connectivity index (χ2v) is 2.41. The Labute approximate surface area is 61.3 Å². The van der Waals surface area contributed by atoms with Gasteiger partial charge in [-0.05, 0) is 24.5 Å². The minimum absolute atomic E-state index is 0.193. The van der Waals surface area contributed by atoms with Crippen LogP contribution in [0.25, 0.3) is 0 Å². The predicted molar refractivity (Wildman–Crippen MR) is 41.5 cm³/mol. The minimum atomic E-state index is 0.193. The van der Waals surface area contributed by atoms with Gasteiger partial charge in [0, 0.05) is 12.7 Å². The molecule has 0 fully saturated rings. The molecule has 0 heterocycles. The fourth-order valence-electron chi connectivity index (χ4n) is 1.06. The number of aliphatic hydroxyl groups is 1. The van der Waals surface area contributed by atoms with Crippen molar-refractivity contribution in [2.45, 2.75) is 12.8 Å². The lowest BCUT2D eigenvalue weighted by Gasteiger charge is -2.10. The summed E-state index contributed by atoms with van der Waals surface area (Å²) < 4.78 is 0. The van der Waals surface area contributed by atoms with Gasteiger partial charge in [0.05, 0.1) is 6.61 Å². The highest BCUT2D eigenvalue weighted by Crippen LogP contribution is 2.14. The molecular weight excluding hydrogens is 126 g/mol. The Morgan fingerprint density at radius 1 is 1.70 bits per heavy atom. The molecule has 0 unspecified atom stereocenters. The van der Waals surface area contributed by atoms with E-state index in [0.29, 0.717) is 0 Å². The average molecular weight is 139 g/mol. The van der Waals surface area contributed by atoms with Gasteiger partial charge in [0.15, 0.2) is 0 Å². The topological polar surface area (TPSA) is 32.3 Å². The smallest absolute Gasteiger partial charge is 0.0645 e. The van der Waals surface area contributed by atoms with Crippen LogP contribution in [0.5, 0.6) is 0 Å². The first-order chi connectivity index (χ1) is 4.86. The van der Waals surface area contributed by atoms with Crippen LogP contribution in [0.3, 0.4) is 0 Å². The first kappa shape index (κ1) is 7.35. The highest BCUT2D eigenvalue weighted by atomic mass is 16.3. The van der Waals surface area contributed by atoms with E-state index in [1.807, 2.05) is 13.1 Å². The summed E-state index contributed by atoms with van der Waals surface area (Å²) in [5, 5.41) is 11.8. The first-order valence-electron chi connectivity index (χ1n) is 3.55. The fourth-order valence-corrected chi connectivity index (χ4v) is 1.06. The van der Waals surface area contributed by atoms with E-state index in [1.165, 1.54) is 0 Å². The molecule has 1 aliphatic carbocycles. The molecular formula is C8H13NO. The number of likely N-dealkylation sites (N-methyl/N-ethyl adjacent to an activating group) is 1. The summed E-state index contributed by atoms with van der Waals surface area (Å²) in [6, 6.07) is 0. The molecule has 1 aliphatic rings. The van der Waals surface area contributed by atoms with Crippen molar-refractivity contribution in [3.63, 3.8) is 0 Å². The predicted octanol–water partition coefficient (Wildman–Crippen LogP) is 0.802. The molecule has 0 atom stereocenters. The lowest BCUT2D eigenvalue weighted by molar-refractivity contribution is 0.326. The van der Waals surface area contributed by atoms with Crippen LogP contribution in [0, 0.1) is 0 Å². The van der Waals surface area contributed by atoms with Gasteiger partial charge in [-0.15, -0.1) is 0 Å². The largest absolute Gasteiger partial charge is 0.392 e. The number of hydrogen-bond donors (Lipinski definition) is 2. The van der Waals surface area contributed by atoms with Crippen molar-refractivity contribution in [1.82, 2.24) is 5.32 Å². The molecule has 0 saturated carbocycles. The van der Waals surface area contributed by atoms with Crippen LogP contribution in [0.15, 0.2) is 23.4 Å². The molecule has 0 aromatic carbocycles. The molecule has 1 rings (SSSR count). The number of nitrogens with one attached hydrogen (secondary N) is 1. The zero-order valence-electron chi connectivity index (χ0n) is 6.22. The van der Waals surface area contributed by atoms with Crippen molar-refractivity contribution < 1.29 is 5.11 Å². The second kappa shape index (κ2) is 3.42. The number of rotatable bonds is 2.